The average Bonchev–Trinajstić information content (AvgIpc) is 2.25. The van der Waals surface area contributed by atoms with Gasteiger partial charge in [0.2, 0.25) is 0 Å². The fourth-order valence-corrected chi connectivity index (χ4v) is 2.07. The lowest BCUT2D eigenvalue weighted by atomic mass is 10.1. The van der Waals surface area contributed by atoms with Crippen molar-refractivity contribution in [2.45, 2.75) is 39.2 Å². The Morgan fingerprint density at radius 1 is 1.60 bits per heavy atom. The Morgan fingerprint density at radius 2 is 2.40 bits per heavy atom. The van der Waals surface area contributed by atoms with Gasteiger partial charge in [-0.05, 0) is 32.3 Å². The highest BCUT2D eigenvalue weighted by Crippen LogP contribution is 2.29. The summed E-state index contributed by atoms with van der Waals surface area (Å²) in [5.41, 5.74) is 1.07. The maximum Gasteiger partial charge on any atom is 0.267 e. The van der Waals surface area contributed by atoms with Gasteiger partial charge >= 0.3 is 0 Å². The molecule has 0 fully saturated rings. The second-order valence-electron chi connectivity index (χ2n) is 4.00. The predicted molar refractivity (Wildman–Crippen MR) is 58.0 cm³/mol. The Hall–Kier alpha value is -1.25. The lowest BCUT2D eigenvalue weighted by Gasteiger charge is -2.35. The van der Waals surface area contributed by atoms with Crippen LogP contribution in [-0.2, 0) is 9.53 Å². The van der Waals surface area contributed by atoms with Crippen molar-refractivity contribution in [2.24, 2.45) is 0 Å². The van der Waals surface area contributed by atoms with Crippen LogP contribution in [0.4, 0.5) is 0 Å². The van der Waals surface area contributed by atoms with E-state index in [1.54, 1.807) is 0 Å². The molecule has 0 saturated heterocycles. The van der Waals surface area contributed by atoms with E-state index in [0.29, 0.717) is 0 Å². The molecule has 1 aliphatic carbocycles. The number of hydrogen-bond acceptors (Lipinski definition) is 2. The van der Waals surface area contributed by atoms with Gasteiger partial charge in [0.1, 0.15) is 5.76 Å². The van der Waals surface area contributed by atoms with Crippen LogP contribution in [0, 0.1) is 0 Å². The van der Waals surface area contributed by atoms with Gasteiger partial charge in [-0.15, -0.1) is 0 Å². The fraction of sp³-hybridized carbons (Fsp3) is 0.583. The molecule has 1 heterocycles. The van der Waals surface area contributed by atoms with Crippen LogP contribution in [0.1, 0.15) is 33.1 Å². The molecule has 0 saturated carbocycles. The summed E-state index contributed by atoms with van der Waals surface area (Å²) in [4.78, 5) is 13.8. The topological polar surface area (TPSA) is 29.5 Å². The summed E-state index contributed by atoms with van der Waals surface area (Å²) in [7, 11) is 0. The van der Waals surface area contributed by atoms with E-state index in [-0.39, 0.29) is 12.0 Å². The summed E-state index contributed by atoms with van der Waals surface area (Å²) >= 11 is 0. The molecule has 2 rings (SSSR count). The standard InChI is InChI=1S/C12H17NO2/c1-3-8-13-10-6-4-5-7-11(10)15-9(2)12(13)14/h5,7,9H,3-4,6,8H2,1-2H3. The van der Waals surface area contributed by atoms with Crippen LogP contribution < -0.4 is 0 Å². The zero-order chi connectivity index (χ0) is 10.8. The Labute approximate surface area is 90.4 Å². The molecule has 2 aliphatic rings. The van der Waals surface area contributed by atoms with Crippen molar-refractivity contribution in [2.75, 3.05) is 6.54 Å². The Morgan fingerprint density at radius 3 is 3.13 bits per heavy atom. The van der Waals surface area contributed by atoms with Crippen LogP contribution in [0.15, 0.2) is 23.6 Å². The van der Waals surface area contributed by atoms with Crippen molar-refractivity contribution >= 4 is 5.91 Å². The zero-order valence-corrected chi connectivity index (χ0v) is 9.32. The normalized spacial score (nSPS) is 25.3. The molecule has 1 aliphatic heterocycles. The minimum Gasteiger partial charge on any atom is -0.479 e. The van der Waals surface area contributed by atoms with Crippen molar-refractivity contribution < 1.29 is 9.53 Å². The molecule has 1 amide bonds. The summed E-state index contributed by atoms with van der Waals surface area (Å²) in [5, 5.41) is 0. The van der Waals surface area contributed by atoms with Crippen LogP contribution in [0.25, 0.3) is 0 Å². The van der Waals surface area contributed by atoms with E-state index in [1.807, 2.05) is 17.9 Å². The summed E-state index contributed by atoms with van der Waals surface area (Å²) in [6, 6.07) is 0. The predicted octanol–water partition coefficient (Wildman–Crippen LogP) is 2.21. The van der Waals surface area contributed by atoms with Gasteiger partial charge in [0, 0.05) is 6.54 Å². The third-order valence-electron chi connectivity index (χ3n) is 2.79. The second-order valence-corrected chi connectivity index (χ2v) is 4.00. The van der Waals surface area contributed by atoms with Crippen molar-refractivity contribution in [1.82, 2.24) is 4.90 Å². The van der Waals surface area contributed by atoms with Crippen LogP contribution in [-0.4, -0.2) is 23.5 Å². The highest BCUT2D eigenvalue weighted by atomic mass is 16.5. The molecule has 15 heavy (non-hydrogen) atoms. The Kier molecular flexibility index (Phi) is 2.80. The number of hydrogen-bond donors (Lipinski definition) is 0. The van der Waals surface area contributed by atoms with E-state index < -0.39 is 0 Å². The molecular formula is C12H17NO2. The number of ether oxygens (including phenoxy) is 1. The fourth-order valence-electron chi connectivity index (χ4n) is 2.07. The van der Waals surface area contributed by atoms with Crippen LogP contribution in [0.2, 0.25) is 0 Å². The quantitative estimate of drug-likeness (QED) is 0.694. The first kappa shape index (κ1) is 10.3. The number of carbonyl (C=O) groups excluding carboxylic acids is 1. The highest BCUT2D eigenvalue weighted by Gasteiger charge is 2.32. The molecule has 0 bridgehead atoms. The van der Waals surface area contributed by atoms with Crippen molar-refractivity contribution in [1.29, 1.82) is 0 Å². The van der Waals surface area contributed by atoms with Crippen LogP contribution >= 0.6 is 0 Å². The molecule has 0 aromatic heterocycles. The molecule has 3 heteroatoms. The first-order valence-corrected chi connectivity index (χ1v) is 5.61. The van der Waals surface area contributed by atoms with Gasteiger partial charge < -0.3 is 9.64 Å². The first-order valence-electron chi connectivity index (χ1n) is 5.61. The zero-order valence-electron chi connectivity index (χ0n) is 9.32. The second kappa shape index (κ2) is 4.09. The van der Waals surface area contributed by atoms with Gasteiger partial charge in [-0.2, -0.15) is 0 Å². The molecule has 0 spiro atoms. The number of allylic oxidation sites excluding steroid dienone is 3. The van der Waals surface area contributed by atoms with Crippen molar-refractivity contribution in [3.63, 3.8) is 0 Å². The van der Waals surface area contributed by atoms with Gasteiger partial charge in [0.15, 0.2) is 6.10 Å². The Balaban J connectivity index is 2.31. The number of nitrogens with zero attached hydrogens (tertiary/aromatic N) is 1. The minimum atomic E-state index is -0.335. The molecule has 82 valence electrons. The summed E-state index contributed by atoms with van der Waals surface area (Å²) in [6.07, 6.45) is 6.67. The molecule has 0 radical (unpaired) electrons. The van der Waals surface area contributed by atoms with Crippen molar-refractivity contribution in [3.8, 4) is 0 Å². The van der Waals surface area contributed by atoms with Gasteiger partial charge in [-0.25, -0.2) is 0 Å². The first-order chi connectivity index (χ1) is 7.24. The third-order valence-corrected chi connectivity index (χ3v) is 2.79. The Bertz CT molecular complexity index is 331. The molecule has 0 aromatic carbocycles. The molecule has 3 nitrogen and oxygen atoms in total. The van der Waals surface area contributed by atoms with E-state index in [2.05, 4.69) is 13.0 Å². The van der Waals surface area contributed by atoms with Gasteiger partial charge in [0.05, 0.1) is 5.70 Å². The molecular weight excluding hydrogens is 190 g/mol. The SMILES string of the molecule is CCCN1C(=O)C(C)OC2=C1CCC=C2. The van der Waals surface area contributed by atoms with E-state index >= 15 is 0 Å². The van der Waals surface area contributed by atoms with Crippen LogP contribution in [0.3, 0.4) is 0 Å². The van der Waals surface area contributed by atoms with E-state index in [4.69, 9.17) is 4.74 Å². The maximum absolute atomic E-state index is 11.9. The summed E-state index contributed by atoms with van der Waals surface area (Å²) in [5.74, 6) is 0.993. The number of rotatable bonds is 2. The monoisotopic (exact) mass is 207 g/mol. The minimum absolute atomic E-state index is 0.103. The number of carbonyl (C=O) groups is 1. The molecule has 0 N–H and O–H groups in total. The largest absolute Gasteiger partial charge is 0.479 e. The van der Waals surface area contributed by atoms with Gasteiger partial charge in [-0.3, -0.25) is 4.79 Å². The van der Waals surface area contributed by atoms with E-state index in [0.717, 1.165) is 37.3 Å². The van der Waals surface area contributed by atoms with Crippen molar-refractivity contribution in [3.05, 3.63) is 23.6 Å². The number of amides is 1. The smallest absolute Gasteiger partial charge is 0.267 e. The van der Waals surface area contributed by atoms with Crippen LogP contribution in [0.5, 0.6) is 0 Å². The van der Waals surface area contributed by atoms with E-state index in [9.17, 15) is 4.79 Å². The summed E-state index contributed by atoms with van der Waals surface area (Å²) in [6.45, 7) is 4.71. The lowest BCUT2D eigenvalue weighted by molar-refractivity contribution is -0.141. The summed E-state index contributed by atoms with van der Waals surface area (Å²) < 4.78 is 5.58. The van der Waals surface area contributed by atoms with Gasteiger partial charge in [-0.1, -0.05) is 13.0 Å². The van der Waals surface area contributed by atoms with Gasteiger partial charge in [0.25, 0.3) is 5.91 Å². The highest BCUT2D eigenvalue weighted by molar-refractivity contribution is 5.83. The third kappa shape index (κ3) is 1.78. The molecule has 0 aromatic rings. The van der Waals surface area contributed by atoms with E-state index in [1.165, 1.54) is 0 Å². The molecule has 1 unspecified atom stereocenters. The average molecular weight is 207 g/mol. The lowest BCUT2D eigenvalue weighted by Crippen LogP contribution is -2.43. The molecule has 1 atom stereocenters. The maximum atomic E-state index is 11.9.